The zero-order valence-electron chi connectivity index (χ0n) is 19.1. The number of likely N-dealkylation sites (tertiary alicyclic amines) is 1. The van der Waals surface area contributed by atoms with Gasteiger partial charge in [0.15, 0.2) is 0 Å². The van der Waals surface area contributed by atoms with Crippen LogP contribution in [0.4, 0.5) is 18.9 Å². The molecule has 0 saturated carbocycles. The van der Waals surface area contributed by atoms with Gasteiger partial charge in [-0.05, 0) is 48.4 Å². The van der Waals surface area contributed by atoms with Gasteiger partial charge in [0.05, 0.1) is 18.6 Å². The van der Waals surface area contributed by atoms with Gasteiger partial charge in [-0.2, -0.15) is 13.2 Å². The number of hydrogen-bond acceptors (Lipinski definition) is 4. The summed E-state index contributed by atoms with van der Waals surface area (Å²) in [6.45, 7) is 2.98. The third-order valence-corrected chi connectivity index (χ3v) is 6.44. The summed E-state index contributed by atoms with van der Waals surface area (Å²) < 4.78 is 44.2. The van der Waals surface area contributed by atoms with Crippen molar-refractivity contribution in [2.45, 2.75) is 25.6 Å². The lowest BCUT2D eigenvalue weighted by Crippen LogP contribution is -2.40. The van der Waals surface area contributed by atoms with Crippen molar-refractivity contribution < 1.29 is 27.5 Å². The Morgan fingerprint density at radius 3 is 2.53 bits per heavy atom. The Kier molecular flexibility index (Phi) is 7.00. The lowest BCUT2D eigenvalue weighted by Gasteiger charge is -2.25. The predicted octanol–water partition coefficient (Wildman–Crippen LogP) is 3.80. The van der Waals surface area contributed by atoms with Crippen molar-refractivity contribution >= 4 is 17.5 Å². The zero-order chi connectivity index (χ0) is 24.3. The second kappa shape index (κ2) is 9.95. The Balaban J connectivity index is 1.35. The van der Waals surface area contributed by atoms with E-state index >= 15 is 0 Å². The van der Waals surface area contributed by atoms with Crippen LogP contribution in [0.15, 0.2) is 48.5 Å². The fourth-order valence-corrected chi connectivity index (χ4v) is 4.60. The smallest absolute Gasteiger partial charge is 0.416 e. The molecule has 2 amide bonds. The van der Waals surface area contributed by atoms with Gasteiger partial charge in [0.25, 0.3) is 0 Å². The van der Waals surface area contributed by atoms with Crippen LogP contribution in [0.1, 0.15) is 24.0 Å². The lowest BCUT2D eigenvalue weighted by atomic mass is 10.1. The highest BCUT2D eigenvalue weighted by atomic mass is 19.4. The number of alkyl halides is 3. The van der Waals surface area contributed by atoms with E-state index in [4.69, 9.17) is 4.74 Å². The third-order valence-electron chi connectivity index (χ3n) is 6.44. The first-order valence-electron chi connectivity index (χ1n) is 11.4. The molecule has 9 heteroatoms. The Morgan fingerprint density at radius 2 is 1.82 bits per heavy atom. The van der Waals surface area contributed by atoms with E-state index in [1.807, 2.05) is 29.2 Å². The molecule has 2 fully saturated rings. The van der Waals surface area contributed by atoms with E-state index in [9.17, 15) is 22.8 Å². The molecule has 4 rings (SSSR count). The molecule has 2 aliphatic heterocycles. The average Bonchev–Trinajstić information content (AvgIpc) is 3.03. The Hall–Kier alpha value is -3.23. The van der Waals surface area contributed by atoms with Crippen molar-refractivity contribution in [2.24, 2.45) is 5.92 Å². The van der Waals surface area contributed by atoms with Crippen LogP contribution in [0.5, 0.6) is 5.75 Å². The van der Waals surface area contributed by atoms with Gasteiger partial charge in [-0.15, -0.1) is 0 Å². The van der Waals surface area contributed by atoms with Crippen molar-refractivity contribution in [1.29, 1.82) is 0 Å². The number of hydrogen-bond donors (Lipinski definition) is 0. The highest BCUT2D eigenvalue weighted by molar-refractivity contribution is 5.89. The molecule has 1 atom stereocenters. The molecule has 2 aliphatic rings. The maximum absolute atomic E-state index is 13.2. The van der Waals surface area contributed by atoms with Gasteiger partial charge in [0.1, 0.15) is 5.75 Å². The van der Waals surface area contributed by atoms with Crippen LogP contribution < -0.4 is 9.64 Å². The number of nitrogens with zero attached hydrogens (tertiary/aromatic N) is 3. The molecule has 2 aromatic rings. The second-order valence-corrected chi connectivity index (χ2v) is 8.74. The predicted molar refractivity (Wildman–Crippen MR) is 121 cm³/mol. The maximum atomic E-state index is 13.2. The number of carbonyl (C=O) groups excluding carboxylic acids is 2. The third kappa shape index (κ3) is 5.46. The summed E-state index contributed by atoms with van der Waals surface area (Å²) in [5, 5.41) is 0. The molecule has 0 aromatic heterocycles. The first kappa shape index (κ1) is 23.9. The molecule has 0 spiro atoms. The van der Waals surface area contributed by atoms with Crippen LogP contribution in [0.2, 0.25) is 0 Å². The van der Waals surface area contributed by atoms with Crippen LogP contribution in [0.25, 0.3) is 0 Å². The number of halogens is 3. The molecule has 6 nitrogen and oxygen atoms in total. The van der Waals surface area contributed by atoms with Gasteiger partial charge in [-0.3, -0.25) is 9.59 Å². The van der Waals surface area contributed by atoms with Crippen LogP contribution in [-0.4, -0.2) is 61.4 Å². The molecular weight excluding hydrogens is 447 g/mol. The monoisotopic (exact) mass is 475 g/mol. The van der Waals surface area contributed by atoms with Crippen LogP contribution in [0, 0.1) is 5.92 Å². The summed E-state index contributed by atoms with van der Waals surface area (Å²) in [4.78, 5) is 31.2. The fourth-order valence-electron chi connectivity index (χ4n) is 4.60. The Labute approximate surface area is 196 Å². The standard InChI is InChI=1S/C25H28F3N3O3/c1-34-22-8-6-21(7-9-22)29-10-3-11-30(13-12-29)24(33)19-15-23(32)31(17-19)16-18-4-2-5-20(14-18)25(26,27)28/h2,4-9,14,19H,3,10-13,15-17H2,1H3. The Morgan fingerprint density at radius 1 is 1.06 bits per heavy atom. The van der Waals surface area contributed by atoms with Crippen molar-refractivity contribution in [3.63, 3.8) is 0 Å². The minimum Gasteiger partial charge on any atom is -0.497 e. The van der Waals surface area contributed by atoms with Gasteiger partial charge in [-0.25, -0.2) is 0 Å². The first-order valence-corrected chi connectivity index (χ1v) is 11.4. The van der Waals surface area contributed by atoms with E-state index in [0.717, 1.165) is 36.5 Å². The van der Waals surface area contributed by atoms with Gasteiger partial charge < -0.3 is 19.4 Å². The van der Waals surface area contributed by atoms with E-state index in [2.05, 4.69) is 4.90 Å². The molecule has 2 aromatic carbocycles. The number of carbonyl (C=O) groups is 2. The van der Waals surface area contributed by atoms with Crippen LogP contribution >= 0.6 is 0 Å². The van der Waals surface area contributed by atoms with E-state index in [1.165, 1.54) is 11.0 Å². The molecule has 0 radical (unpaired) electrons. The maximum Gasteiger partial charge on any atom is 0.416 e. The van der Waals surface area contributed by atoms with Gasteiger partial charge >= 0.3 is 6.18 Å². The van der Waals surface area contributed by atoms with Crippen LogP contribution in [0.3, 0.4) is 0 Å². The topological polar surface area (TPSA) is 53.1 Å². The summed E-state index contributed by atoms with van der Waals surface area (Å²) in [5.74, 6) is 0.0590. The number of anilines is 1. The minimum atomic E-state index is -4.43. The summed E-state index contributed by atoms with van der Waals surface area (Å²) in [7, 11) is 1.62. The van der Waals surface area contributed by atoms with E-state index in [1.54, 1.807) is 13.2 Å². The largest absolute Gasteiger partial charge is 0.497 e. The summed E-state index contributed by atoms with van der Waals surface area (Å²) >= 11 is 0. The van der Waals surface area contributed by atoms with Gasteiger partial charge in [0.2, 0.25) is 11.8 Å². The Bertz CT molecular complexity index is 1030. The highest BCUT2D eigenvalue weighted by Crippen LogP contribution is 2.30. The highest BCUT2D eigenvalue weighted by Gasteiger charge is 2.37. The normalized spacial score (nSPS) is 19.4. The minimum absolute atomic E-state index is 0.0588. The number of amides is 2. The van der Waals surface area contributed by atoms with E-state index in [-0.39, 0.29) is 31.3 Å². The summed E-state index contributed by atoms with van der Waals surface area (Å²) in [6, 6.07) is 12.8. The van der Waals surface area contributed by atoms with Gasteiger partial charge in [0, 0.05) is 51.4 Å². The zero-order valence-corrected chi connectivity index (χ0v) is 19.1. The lowest BCUT2D eigenvalue weighted by molar-refractivity contribution is -0.137. The molecule has 0 N–H and O–H groups in total. The molecule has 0 aliphatic carbocycles. The molecule has 34 heavy (non-hydrogen) atoms. The van der Waals surface area contributed by atoms with Crippen molar-refractivity contribution in [2.75, 3.05) is 44.7 Å². The molecular formula is C25H28F3N3O3. The molecule has 2 saturated heterocycles. The first-order chi connectivity index (χ1) is 16.2. The van der Waals surface area contributed by atoms with Crippen LogP contribution in [-0.2, 0) is 22.3 Å². The van der Waals surface area contributed by atoms with E-state index < -0.39 is 17.7 Å². The molecule has 182 valence electrons. The SMILES string of the molecule is COc1ccc(N2CCCN(C(=O)C3CC(=O)N(Cc4cccc(C(F)(F)F)c4)C3)CC2)cc1. The van der Waals surface area contributed by atoms with Crippen molar-refractivity contribution in [1.82, 2.24) is 9.80 Å². The number of benzene rings is 2. The molecule has 1 unspecified atom stereocenters. The molecule has 0 bridgehead atoms. The quantitative estimate of drug-likeness (QED) is 0.660. The second-order valence-electron chi connectivity index (χ2n) is 8.74. The van der Waals surface area contributed by atoms with Crippen molar-refractivity contribution in [3.8, 4) is 5.75 Å². The average molecular weight is 476 g/mol. The summed E-state index contributed by atoms with van der Waals surface area (Å²) in [6.07, 6.45) is -3.53. The van der Waals surface area contributed by atoms with E-state index in [0.29, 0.717) is 25.2 Å². The van der Waals surface area contributed by atoms with Gasteiger partial charge in [-0.1, -0.05) is 12.1 Å². The molecule has 2 heterocycles. The summed E-state index contributed by atoms with van der Waals surface area (Å²) in [5.41, 5.74) is 0.731. The number of rotatable bonds is 5. The van der Waals surface area contributed by atoms with Crippen molar-refractivity contribution in [3.05, 3.63) is 59.7 Å². The number of methoxy groups -OCH3 is 1. The number of ether oxygens (including phenoxy) is 1. The fraction of sp³-hybridized carbons (Fsp3) is 0.440.